The monoisotopic (exact) mass is 155 g/mol. The second kappa shape index (κ2) is 6.94. The highest BCUT2D eigenvalue weighted by molar-refractivity contribution is 5.68. The fraction of sp³-hybridized carbons (Fsp3) is 0.625. The molecule has 11 heavy (non-hydrogen) atoms. The molecule has 0 saturated heterocycles. The summed E-state index contributed by atoms with van der Waals surface area (Å²) in [5.74, 6) is 2.46. The average molecular weight is 155 g/mol. The summed E-state index contributed by atoms with van der Waals surface area (Å²) in [6.45, 7) is 4.32. The highest BCUT2D eigenvalue weighted by atomic mass is 16.5. The largest absolute Gasteiger partial charge is 0.421 e. The number of amides is 1. The summed E-state index contributed by atoms with van der Waals surface area (Å²) in [5, 5.41) is 2.55. The molecule has 0 saturated carbocycles. The summed E-state index contributed by atoms with van der Waals surface area (Å²) in [7, 11) is 0. The van der Waals surface area contributed by atoms with E-state index in [0.717, 1.165) is 12.8 Å². The summed E-state index contributed by atoms with van der Waals surface area (Å²) >= 11 is 0. The van der Waals surface area contributed by atoms with Crippen LogP contribution in [0.15, 0.2) is 0 Å². The van der Waals surface area contributed by atoms with Gasteiger partial charge in [-0.1, -0.05) is 19.3 Å². The second-order valence-electron chi connectivity index (χ2n) is 2.02. The molecule has 3 nitrogen and oxygen atoms in total. The molecule has 3 heteroatoms. The summed E-state index contributed by atoms with van der Waals surface area (Å²) in [5.41, 5.74) is 0. The van der Waals surface area contributed by atoms with E-state index < -0.39 is 6.09 Å². The van der Waals surface area contributed by atoms with Crippen LogP contribution < -0.4 is 5.32 Å². The molecule has 0 aliphatic rings. The lowest BCUT2D eigenvalue weighted by Crippen LogP contribution is -2.23. The highest BCUT2D eigenvalue weighted by Crippen LogP contribution is 1.83. The molecular weight excluding hydrogens is 142 g/mol. The maximum atomic E-state index is 10.6. The van der Waals surface area contributed by atoms with Crippen molar-refractivity contribution < 1.29 is 9.53 Å². The smallest absolute Gasteiger partial charge is 0.356 e. The lowest BCUT2D eigenvalue weighted by atomic mass is 10.3. The molecule has 62 valence electrons. The number of ether oxygens (including phenoxy) is 1. The molecule has 0 aromatic carbocycles. The fourth-order valence-electron chi connectivity index (χ4n) is 0.501. The Bertz CT molecular complexity index is 167. The molecule has 0 atom stereocenters. The van der Waals surface area contributed by atoms with Crippen LogP contribution in [0.3, 0.4) is 0 Å². The van der Waals surface area contributed by atoms with Crippen LogP contribution in [0.1, 0.15) is 26.7 Å². The topological polar surface area (TPSA) is 38.3 Å². The first-order valence-electron chi connectivity index (χ1n) is 3.67. The van der Waals surface area contributed by atoms with Gasteiger partial charge in [0.2, 0.25) is 0 Å². The third-order valence-electron chi connectivity index (χ3n) is 1.05. The molecular formula is C8H13NO2. The van der Waals surface area contributed by atoms with Gasteiger partial charge in [-0.15, -0.1) is 0 Å². The Morgan fingerprint density at radius 1 is 1.64 bits per heavy atom. The van der Waals surface area contributed by atoms with Crippen molar-refractivity contribution in [1.29, 1.82) is 0 Å². The van der Waals surface area contributed by atoms with E-state index in [2.05, 4.69) is 29.0 Å². The lowest BCUT2D eigenvalue weighted by molar-refractivity contribution is 0.191. The Morgan fingerprint density at radius 2 is 2.36 bits per heavy atom. The van der Waals surface area contributed by atoms with E-state index in [-0.39, 0.29) is 0 Å². The SMILES string of the molecule is CC#COC(=O)NCCCC. The van der Waals surface area contributed by atoms with E-state index in [1.54, 1.807) is 6.92 Å². The predicted octanol–water partition coefficient (Wildman–Crippen LogP) is 1.49. The van der Waals surface area contributed by atoms with Gasteiger partial charge in [0.15, 0.2) is 0 Å². The number of hydrogen-bond donors (Lipinski definition) is 1. The van der Waals surface area contributed by atoms with Crippen LogP contribution in [0.4, 0.5) is 4.79 Å². The molecule has 0 unspecified atom stereocenters. The molecule has 0 aliphatic carbocycles. The Labute approximate surface area is 67.1 Å². The maximum Gasteiger partial charge on any atom is 0.421 e. The van der Waals surface area contributed by atoms with Crippen molar-refractivity contribution in [3.63, 3.8) is 0 Å². The van der Waals surface area contributed by atoms with E-state index in [1.165, 1.54) is 0 Å². The number of rotatable bonds is 3. The Morgan fingerprint density at radius 3 is 2.91 bits per heavy atom. The third kappa shape index (κ3) is 6.72. The number of unbranched alkanes of at least 4 members (excludes halogenated alkanes) is 1. The van der Waals surface area contributed by atoms with Gasteiger partial charge < -0.3 is 10.1 Å². The van der Waals surface area contributed by atoms with Gasteiger partial charge in [0, 0.05) is 13.5 Å². The van der Waals surface area contributed by atoms with Gasteiger partial charge >= 0.3 is 6.09 Å². The molecule has 0 aromatic rings. The zero-order chi connectivity index (χ0) is 8.53. The number of hydrogen-bond acceptors (Lipinski definition) is 2. The van der Waals surface area contributed by atoms with Crippen molar-refractivity contribution in [1.82, 2.24) is 5.32 Å². The summed E-state index contributed by atoms with van der Waals surface area (Å²) < 4.78 is 4.43. The van der Waals surface area contributed by atoms with Crippen molar-refractivity contribution in [2.45, 2.75) is 26.7 Å². The molecule has 1 N–H and O–H groups in total. The first kappa shape index (κ1) is 9.83. The minimum atomic E-state index is -0.465. The summed E-state index contributed by atoms with van der Waals surface area (Å²) in [6, 6.07) is 0. The van der Waals surface area contributed by atoms with Crippen molar-refractivity contribution >= 4 is 6.09 Å². The van der Waals surface area contributed by atoms with Crippen LogP contribution in [0.2, 0.25) is 0 Å². The predicted molar refractivity (Wildman–Crippen MR) is 42.8 cm³/mol. The third-order valence-corrected chi connectivity index (χ3v) is 1.05. The number of carbonyl (C=O) groups excluding carboxylic acids is 1. The molecule has 0 fully saturated rings. The minimum Gasteiger partial charge on any atom is -0.356 e. The Balaban J connectivity index is 3.27. The highest BCUT2D eigenvalue weighted by Gasteiger charge is 1.95. The zero-order valence-corrected chi connectivity index (χ0v) is 6.94. The van der Waals surface area contributed by atoms with E-state index in [0.29, 0.717) is 6.54 Å². The normalized spacial score (nSPS) is 7.82. The van der Waals surface area contributed by atoms with Gasteiger partial charge in [0.05, 0.1) is 0 Å². The first-order valence-corrected chi connectivity index (χ1v) is 3.67. The van der Waals surface area contributed by atoms with Crippen LogP contribution in [0.25, 0.3) is 0 Å². The Kier molecular flexibility index (Phi) is 6.20. The summed E-state index contributed by atoms with van der Waals surface area (Å²) in [6.07, 6.45) is 3.77. The molecule has 0 spiro atoms. The second-order valence-corrected chi connectivity index (χ2v) is 2.02. The van der Waals surface area contributed by atoms with Crippen LogP contribution >= 0.6 is 0 Å². The number of nitrogens with one attached hydrogen (secondary N) is 1. The van der Waals surface area contributed by atoms with E-state index in [9.17, 15) is 4.79 Å². The van der Waals surface area contributed by atoms with Crippen LogP contribution in [-0.2, 0) is 4.74 Å². The van der Waals surface area contributed by atoms with Crippen LogP contribution in [0, 0.1) is 12.0 Å². The number of alkyl carbamates (subject to hydrolysis) is 1. The molecule has 0 rings (SSSR count). The van der Waals surface area contributed by atoms with Gasteiger partial charge in [-0.05, 0) is 6.42 Å². The molecule has 0 heterocycles. The van der Waals surface area contributed by atoms with Crippen molar-refractivity contribution in [2.75, 3.05) is 6.54 Å². The van der Waals surface area contributed by atoms with E-state index in [1.807, 2.05) is 0 Å². The van der Waals surface area contributed by atoms with Crippen molar-refractivity contribution in [3.8, 4) is 12.0 Å². The van der Waals surface area contributed by atoms with Gasteiger partial charge in [-0.3, -0.25) is 0 Å². The standard InChI is InChI=1S/C8H13NO2/c1-3-5-6-9-8(10)11-7-4-2/h3,5-6H2,1-2H3,(H,9,10). The Hall–Kier alpha value is -1.17. The zero-order valence-electron chi connectivity index (χ0n) is 6.94. The van der Waals surface area contributed by atoms with Gasteiger partial charge in [0.1, 0.15) is 6.11 Å². The van der Waals surface area contributed by atoms with Crippen molar-refractivity contribution in [3.05, 3.63) is 0 Å². The minimum absolute atomic E-state index is 0.465. The molecule has 0 bridgehead atoms. The van der Waals surface area contributed by atoms with Gasteiger partial charge in [0.25, 0.3) is 0 Å². The molecule has 0 aromatic heterocycles. The number of carbonyl (C=O) groups is 1. The fourth-order valence-corrected chi connectivity index (χ4v) is 0.501. The quantitative estimate of drug-likeness (QED) is 0.495. The van der Waals surface area contributed by atoms with E-state index >= 15 is 0 Å². The van der Waals surface area contributed by atoms with Gasteiger partial charge in [-0.25, -0.2) is 4.79 Å². The lowest BCUT2D eigenvalue weighted by Gasteiger charge is -1.98. The van der Waals surface area contributed by atoms with E-state index in [4.69, 9.17) is 0 Å². The van der Waals surface area contributed by atoms with Crippen molar-refractivity contribution in [2.24, 2.45) is 0 Å². The van der Waals surface area contributed by atoms with Crippen LogP contribution in [0.5, 0.6) is 0 Å². The molecule has 0 radical (unpaired) electrons. The molecule has 1 amide bonds. The van der Waals surface area contributed by atoms with Gasteiger partial charge in [-0.2, -0.15) is 0 Å². The first-order chi connectivity index (χ1) is 5.31. The average Bonchev–Trinajstić information content (AvgIpc) is 2.01. The maximum absolute atomic E-state index is 10.6. The summed E-state index contributed by atoms with van der Waals surface area (Å²) in [4.78, 5) is 10.6. The molecule has 0 aliphatic heterocycles. The van der Waals surface area contributed by atoms with Crippen LogP contribution in [-0.4, -0.2) is 12.6 Å².